The van der Waals surface area contributed by atoms with Crippen LogP contribution in [0, 0.1) is 11.6 Å². The molecule has 0 saturated heterocycles. The third-order valence-electron chi connectivity index (χ3n) is 2.57. The van der Waals surface area contributed by atoms with Gasteiger partial charge in [-0.15, -0.1) is 12.4 Å². The molecule has 1 amide bonds. The number of aryl methyl sites for hydroxylation is 1. The summed E-state index contributed by atoms with van der Waals surface area (Å²) >= 11 is 0. The summed E-state index contributed by atoms with van der Waals surface area (Å²) in [6.07, 6.45) is 1.02. The molecule has 108 valence electrons. The van der Waals surface area contributed by atoms with Crippen molar-refractivity contribution in [1.29, 1.82) is 0 Å². The second-order valence-electron chi connectivity index (χ2n) is 4.33. The van der Waals surface area contributed by atoms with Gasteiger partial charge in [-0.1, -0.05) is 12.1 Å². The highest BCUT2D eigenvalue weighted by Crippen LogP contribution is 2.12. The molecule has 0 spiro atoms. The molecule has 1 atom stereocenters. The van der Waals surface area contributed by atoms with Gasteiger partial charge >= 0.3 is 0 Å². The van der Waals surface area contributed by atoms with Gasteiger partial charge in [0.25, 0.3) is 0 Å². The van der Waals surface area contributed by atoms with Crippen LogP contribution in [0.3, 0.4) is 0 Å². The maximum atomic E-state index is 13.3. The van der Waals surface area contributed by atoms with Crippen molar-refractivity contribution < 1.29 is 13.6 Å². The van der Waals surface area contributed by atoms with Crippen molar-refractivity contribution >= 4 is 18.3 Å². The largest absolute Gasteiger partial charge is 0.356 e. The Morgan fingerprint density at radius 3 is 2.74 bits per heavy atom. The van der Waals surface area contributed by atoms with E-state index in [-0.39, 0.29) is 42.8 Å². The van der Waals surface area contributed by atoms with E-state index in [1.54, 1.807) is 0 Å². The quantitative estimate of drug-likeness (QED) is 0.844. The number of rotatable bonds is 6. The lowest BCUT2D eigenvalue weighted by molar-refractivity contribution is -0.121. The van der Waals surface area contributed by atoms with Crippen LogP contribution in [-0.2, 0) is 11.2 Å². The number of hydrogen-bond donors (Lipinski definition) is 2. The van der Waals surface area contributed by atoms with Crippen LogP contribution in [0.15, 0.2) is 18.2 Å². The van der Waals surface area contributed by atoms with Gasteiger partial charge in [0.2, 0.25) is 5.91 Å². The maximum absolute atomic E-state index is 13.3. The molecule has 0 radical (unpaired) electrons. The molecule has 1 aromatic rings. The Hall–Kier alpha value is -1.20. The summed E-state index contributed by atoms with van der Waals surface area (Å²) in [7, 11) is 0. The number of benzene rings is 1. The van der Waals surface area contributed by atoms with E-state index in [4.69, 9.17) is 5.73 Å². The van der Waals surface area contributed by atoms with Gasteiger partial charge in [-0.2, -0.15) is 0 Å². The SMILES string of the molecule is CC(N)CCNC(=O)CCc1cccc(F)c1F.Cl. The van der Waals surface area contributed by atoms with Gasteiger partial charge in [0.1, 0.15) is 0 Å². The Kier molecular flexibility index (Phi) is 8.27. The zero-order valence-corrected chi connectivity index (χ0v) is 11.6. The molecular formula is C13H19ClF2N2O. The summed E-state index contributed by atoms with van der Waals surface area (Å²) in [5.74, 6) is -1.94. The van der Waals surface area contributed by atoms with E-state index in [2.05, 4.69) is 5.32 Å². The number of carbonyl (C=O) groups excluding carboxylic acids is 1. The molecule has 6 heteroatoms. The van der Waals surface area contributed by atoms with Crippen molar-refractivity contribution in [2.24, 2.45) is 5.73 Å². The van der Waals surface area contributed by atoms with E-state index in [0.717, 1.165) is 6.07 Å². The zero-order valence-electron chi connectivity index (χ0n) is 10.8. The third kappa shape index (κ3) is 6.50. The predicted octanol–water partition coefficient (Wildman–Crippen LogP) is 2.17. The summed E-state index contributed by atoms with van der Waals surface area (Å²) in [6.45, 7) is 2.36. The van der Waals surface area contributed by atoms with E-state index in [1.165, 1.54) is 12.1 Å². The lowest BCUT2D eigenvalue weighted by Crippen LogP contribution is -2.29. The Labute approximate surface area is 118 Å². The molecule has 0 bridgehead atoms. The van der Waals surface area contributed by atoms with Crippen LogP contribution < -0.4 is 11.1 Å². The fraction of sp³-hybridized carbons (Fsp3) is 0.462. The normalized spacial score (nSPS) is 11.6. The van der Waals surface area contributed by atoms with E-state index >= 15 is 0 Å². The second kappa shape index (κ2) is 8.82. The highest BCUT2D eigenvalue weighted by Gasteiger charge is 2.09. The Bertz CT molecular complexity index is 414. The smallest absolute Gasteiger partial charge is 0.220 e. The van der Waals surface area contributed by atoms with Crippen LogP contribution in [-0.4, -0.2) is 18.5 Å². The van der Waals surface area contributed by atoms with Crippen molar-refractivity contribution in [3.8, 4) is 0 Å². The first-order chi connectivity index (χ1) is 8.50. The number of carbonyl (C=O) groups is 1. The lowest BCUT2D eigenvalue weighted by Gasteiger charge is -2.07. The standard InChI is InChI=1S/C13H18F2N2O.ClH/c1-9(16)7-8-17-12(18)6-5-10-3-2-4-11(14)13(10)15;/h2-4,9H,5-8,16H2,1H3,(H,17,18);1H. The first-order valence-electron chi connectivity index (χ1n) is 5.96. The summed E-state index contributed by atoms with van der Waals surface area (Å²) in [5.41, 5.74) is 5.76. The summed E-state index contributed by atoms with van der Waals surface area (Å²) in [5, 5.41) is 2.68. The lowest BCUT2D eigenvalue weighted by atomic mass is 10.1. The minimum atomic E-state index is -0.884. The molecule has 0 heterocycles. The van der Waals surface area contributed by atoms with Crippen LogP contribution in [0.25, 0.3) is 0 Å². The van der Waals surface area contributed by atoms with Gasteiger partial charge < -0.3 is 11.1 Å². The highest BCUT2D eigenvalue weighted by atomic mass is 35.5. The molecule has 0 aliphatic rings. The van der Waals surface area contributed by atoms with Crippen LogP contribution in [0.1, 0.15) is 25.3 Å². The van der Waals surface area contributed by atoms with Gasteiger partial charge in [0, 0.05) is 19.0 Å². The van der Waals surface area contributed by atoms with E-state index in [9.17, 15) is 13.6 Å². The van der Waals surface area contributed by atoms with Crippen LogP contribution in [0.4, 0.5) is 8.78 Å². The van der Waals surface area contributed by atoms with Crippen LogP contribution >= 0.6 is 12.4 Å². The number of nitrogens with one attached hydrogen (secondary N) is 1. The fourth-order valence-corrected chi connectivity index (χ4v) is 1.52. The van der Waals surface area contributed by atoms with E-state index < -0.39 is 11.6 Å². The predicted molar refractivity (Wildman–Crippen MR) is 73.2 cm³/mol. The van der Waals surface area contributed by atoms with Gasteiger partial charge in [-0.3, -0.25) is 4.79 Å². The highest BCUT2D eigenvalue weighted by molar-refractivity contribution is 5.85. The molecule has 1 unspecified atom stereocenters. The van der Waals surface area contributed by atoms with Gasteiger partial charge in [0.15, 0.2) is 11.6 Å². The minimum Gasteiger partial charge on any atom is -0.356 e. The van der Waals surface area contributed by atoms with Gasteiger partial charge in [0.05, 0.1) is 0 Å². The van der Waals surface area contributed by atoms with Crippen molar-refractivity contribution in [2.75, 3.05) is 6.54 Å². The maximum Gasteiger partial charge on any atom is 0.220 e. The van der Waals surface area contributed by atoms with Gasteiger partial charge in [-0.05, 0) is 31.4 Å². The van der Waals surface area contributed by atoms with Crippen molar-refractivity contribution in [2.45, 2.75) is 32.2 Å². The van der Waals surface area contributed by atoms with Crippen molar-refractivity contribution in [3.05, 3.63) is 35.4 Å². The van der Waals surface area contributed by atoms with Crippen LogP contribution in [0.5, 0.6) is 0 Å². The summed E-state index contributed by atoms with van der Waals surface area (Å²) in [6, 6.07) is 4.00. The molecule has 0 aromatic heterocycles. The summed E-state index contributed by atoms with van der Waals surface area (Å²) < 4.78 is 26.2. The molecule has 0 fully saturated rings. The van der Waals surface area contributed by atoms with E-state index in [1.807, 2.05) is 6.92 Å². The van der Waals surface area contributed by atoms with Crippen molar-refractivity contribution in [1.82, 2.24) is 5.32 Å². The zero-order chi connectivity index (χ0) is 13.5. The topological polar surface area (TPSA) is 55.1 Å². The molecule has 0 aliphatic heterocycles. The second-order valence-corrected chi connectivity index (χ2v) is 4.33. The molecule has 0 aliphatic carbocycles. The number of halogens is 3. The number of hydrogen-bond acceptors (Lipinski definition) is 2. The minimum absolute atomic E-state index is 0. The molecule has 19 heavy (non-hydrogen) atoms. The molecule has 3 nitrogen and oxygen atoms in total. The van der Waals surface area contributed by atoms with Crippen molar-refractivity contribution in [3.63, 3.8) is 0 Å². The summed E-state index contributed by atoms with van der Waals surface area (Å²) in [4.78, 5) is 11.4. The molecule has 1 aromatic carbocycles. The van der Waals surface area contributed by atoms with E-state index in [0.29, 0.717) is 13.0 Å². The average Bonchev–Trinajstić information content (AvgIpc) is 2.30. The Morgan fingerprint density at radius 2 is 2.11 bits per heavy atom. The molecule has 3 N–H and O–H groups in total. The van der Waals surface area contributed by atoms with Gasteiger partial charge in [-0.25, -0.2) is 8.78 Å². The first-order valence-corrected chi connectivity index (χ1v) is 5.96. The number of nitrogens with two attached hydrogens (primary N) is 1. The first kappa shape index (κ1) is 17.8. The Morgan fingerprint density at radius 1 is 1.42 bits per heavy atom. The monoisotopic (exact) mass is 292 g/mol. The Balaban J connectivity index is 0.00000324. The molecule has 0 saturated carbocycles. The molecule has 1 rings (SSSR count). The average molecular weight is 293 g/mol. The third-order valence-corrected chi connectivity index (χ3v) is 2.57. The van der Waals surface area contributed by atoms with Crippen LogP contribution in [0.2, 0.25) is 0 Å². The fourth-order valence-electron chi connectivity index (χ4n) is 1.52. The molecular weight excluding hydrogens is 274 g/mol. The number of amides is 1.